The number of likely N-dealkylation sites (N-methyl/N-ethyl adjacent to an activating group) is 2. The summed E-state index contributed by atoms with van der Waals surface area (Å²) in [6.45, 7) is 7.99. The van der Waals surface area contributed by atoms with E-state index in [0.29, 0.717) is 23.4 Å². The van der Waals surface area contributed by atoms with Crippen LogP contribution in [0.5, 0.6) is 0 Å². The number of hydrogen-bond donors (Lipinski definition) is 5. The minimum Gasteiger partial charge on any atom is -0.374 e. The van der Waals surface area contributed by atoms with Crippen molar-refractivity contribution >= 4 is 36.7 Å². The molecule has 5 N–H and O–H groups in total. The monoisotopic (exact) mass is 639 g/mol. The molecule has 1 heterocycles. The van der Waals surface area contributed by atoms with Crippen molar-refractivity contribution in [1.82, 2.24) is 25.8 Å². The van der Waals surface area contributed by atoms with E-state index in [1.807, 2.05) is 27.7 Å². The predicted octanol–water partition coefficient (Wildman–Crippen LogP) is 2.93. The van der Waals surface area contributed by atoms with Gasteiger partial charge in [-0.25, -0.2) is 4.98 Å². The second-order valence-corrected chi connectivity index (χ2v) is 13.7. The highest BCUT2D eigenvalue weighted by Crippen LogP contribution is 2.41. The molecule has 3 amide bonds. The Morgan fingerprint density at radius 3 is 2.30 bits per heavy atom. The number of benzene rings is 1. The number of hydrogen-bond acceptors (Lipinski definition) is 8. The Balaban J connectivity index is 2.21. The van der Waals surface area contributed by atoms with Gasteiger partial charge in [0.25, 0.3) is 5.91 Å². The first-order chi connectivity index (χ1) is 20.2. The maximum atomic E-state index is 13.7. The van der Waals surface area contributed by atoms with Crippen molar-refractivity contribution in [3.05, 3.63) is 52.0 Å². The molecule has 1 aromatic carbocycles. The Morgan fingerprint density at radius 2 is 1.77 bits per heavy atom. The molecule has 0 spiro atoms. The Kier molecular flexibility index (Phi) is 14.4. The molecule has 2 aromatic rings. The number of amides is 3. The lowest BCUT2D eigenvalue weighted by molar-refractivity contribution is -0.140. The first-order valence-corrected chi connectivity index (χ1v) is 16.9. The first-order valence-electron chi connectivity index (χ1n) is 14.3. The number of carbonyl (C=O) groups is 3. The molecule has 240 valence electrons. The third kappa shape index (κ3) is 10.8. The molecule has 2 rings (SSSR count). The van der Waals surface area contributed by atoms with Gasteiger partial charge in [0, 0.05) is 38.4 Å². The van der Waals surface area contributed by atoms with E-state index in [9.17, 15) is 28.7 Å². The summed E-state index contributed by atoms with van der Waals surface area (Å²) in [5.41, 5.74) is 0.688. The molecule has 2 unspecified atom stereocenters. The van der Waals surface area contributed by atoms with Gasteiger partial charge in [-0.15, -0.1) is 11.3 Å². The SMILES string of the molecule is CCC(C)[C@H](NC(=O)CNC)C(=O)N(C)[C@H](CC(OC)c1nc(C(=O)N[C@@H](Cc2ccccc2)P(=O)(O)O)cs1)C(C)C. The first kappa shape index (κ1) is 36.5. The van der Waals surface area contributed by atoms with E-state index in [0.717, 1.165) is 0 Å². The zero-order valence-electron chi connectivity index (χ0n) is 25.9. The fourth-order valence-electron chi connectivity index (χ4n) is 4.70. The van der Waals surface area contributed by atoms with Crippen molar-refractivity contribution in [2.75, 3.05) is 27.7 Å². The molecular formula is C29H46N5O7PS. The van der Waals surface area contributed by atoms with Crippen LogP contribution in [-0.2, 0) is 25.3 Å². The number of methoxy groups -OCH3 is 1. The molecule has 12 nitrogen and oxygen atoms in total. The smallest absolute Gasteiger partial charge is 0.347 e. The number of carbonyl (C=O) groups excluding carboxylic acids is 3. The van der Waals surface area contributed by atoms with E-state index in [1.165, 1.54) is 23.8 Å². The van der Waals surface area contributed by atoms with Gasteiger partial charge in [-0.1, -0.05) is 64.4 Å². The molecule has 0 aliphatic rings. The van der Waals surface area contributed by atoms with Crippen LogP contribution in [0.15, 0.2) is 35.7 Å². The van der Waals surface area contributed by atoms with Crippen molar-refractivity contribution in [3.63, 3.8) is 0 Å². The molecule has 0 radical (unpaired) electrons. The van der Waals surface area contributed by atoms with Crippen LogP contribution < -0.4 is 16.0 Å². The van der Waals surface area contributed by atoms with Crippen LogP contribution in [0.3, 0.4) is 0 Å². The van der Waals surface area contributed by atoms with Crippen molar-refractivity contribution < 1.29 is 33.5 Å². The van der Waals surface area contributed by atoms with Gasteiger partial charge in [-0.2, -0.15) is 0 Å². The fraction of sp³-hybridized carbons (Fsp3) is 0.586. The zero-order valence-corrected chi connectivity index (χ0v) is 27.7. The van der Waals surface area contributed by atoms with Gasteiger partial charge in [0.1, 0.15) is 28.6 Å². The summed E-state index contributed by atoms with van der Waals surface area (Å²) in [5, 5.41) is 10.1. The lowest BCUT2D eigenvalue weighted by Gasteiger charge is -2.37. The molecule has 43 heavy (non-hydrogen) atoms. The summed E-state index contributed by atoms with van der Waals surface area (Å²) >= 11 is 1.19. The number of aromatic nitrogens is 1. The minimum atomic E-state index is -4.66. The van der Waals surface area contributed by atoms with E-state index >= 15 is 0 Å². The summed E-state index contributed by atoms with van der Waals surface area (Å²) in [6.07, 6.45) is 0.479. The van der Waals surface area contributed by atoms with Crippen molar-refractivity contribution in [2.24, 2.45) is 11.8 Å². The average molecular weight is 640 g/mol. The maximum absolute atomic E-state index is 13.7. The lowest BCUT2D eigenvalue weighted by atomic mass is 9.93. The van der Waals surface area contributed by atoms with Crippen LogP contribution in [0.2, 0.25) is 0 Å². The molecule has 0 aliphatic carbocycles. The average Bonchev–Trinajstić information content (AvgIpc) is 3.45. The van der Waals surface area contributed by atoms with Gasteiger partial charge in [0.15, 0.2) is 0 Å². The minimum absolute atomic E-state index is 0.0168. The highest BCUT2D eigenvalue weighted by molar-refractivity contribution is 7.52. The third-order valence-electron chi connectivity index (χ3n) is 7.49. The van der Waals surface area contributed by atoms with Gasteiger partial charge in [0.2, 0.25) is 11.8 Å². The van der Waals surface area contributed by atoms with Gasteiger partial charge in [-0.3, -0.25) is 18.9 Å². The number of rotatable bonds is 17. The quantitative estimate of drug-likeness (QED) is 0.163. The van der Waals surface area contributed by atoms with E-state index in [4.69, 9.17) is 4.74 Å². The Hall–Kier alpha value is -2.67. The second-order valence-electron chi connectivity index (χ2n) is 11.0. The standard InChI is InChI=1S/C29H46N5O7PS/c1-8-19(4)26(32-24(35)16-30-5)29(37)34(6)22(18(2)3)15-23(41-7)28-31-21(17-43-28)27(36)33-25(42(38,39)40)14-20-12-10-9-11-13-20/h9-13,17-19,22-23,25-26,30H,8,14-16H2,1-7H3,(H,32,35)(H,33,36)(H2,38,39,40)/t19?,22-,23?,25-,26+/m1/s1. The normalized spacial score (nSPS) is 15.3. The Labute approximate surface area is 258 Å². The maximum Gasteiger partial charge on any atom is 0.347 e. The van der Waals surface area contributed by atoms with Crippen LogP contribution in [0, 0.1) is 11.8 Å². The molecule has 5 atom stereocenters. The van der Waals surface area contributed by atoms with E-state index < -0.39 is 31.4 Å². The number of thiazole rings is 1. The van der Waals surface area contributed by atoms with E-state index in [1.54, 1.807) is 49.3 Å². The molecule has 0 aliphatic heterocycles. The topological polar surface area (TPSA) is 170 Å². The summed E-state index contributed by atoms with van der Waals surface area (Å²) in [4.78, 5) is 64.9. The lowest BCUT2D eigenvalue weighted by Crippen LogP contribution is -2.55. The Bertz CT molecular complexity index is 1240. The summed E-state index contributed by atoms with van der Waals surface area (Å²) in [5.74, 6) is -2.63. The fourth-order valence-corrected chi connectivity index (χ4v) is 6.32. The Morgan fingerprint density at radius 1 is 1.12 bits per heavy atom. The van der Waals surface area contributed by atoms with Crippen molar-refractivity contribution in [2.45, 2.75) is 70.9 Å². The van der Waals surface area contributed by atoms with Gasteiger partial charge < -0.3 is 35.4 Å². The van der Waals surface area contributed by atoms with Crippen LogP contribution in [-0.4, -0.2) is 83.0 Å². The molecule has 1 aromatic heterocycles. The van der Waals surface area contributed by atoms with Crippen molar-refractivity contribution in [3.8, 4) is 0 Å². The molecule has 0 bridgehead atoms. The molecule has 0 fully saturated rings. The summed E-state index contributed by atoms with van der Waals surface area (Å²) < 4.78 is 17.9. The van der Waals surface area contributed by atoms with E-state index in [2.05, 4.69) is 20.9 Å². The summed E-state index contributed by atoms with van der Waals surface area (Å²) in [7, 11) is 0.243. The van der Waals surface area contributed by atoms with Crippen LogP contribution in [0.4, 0.5) is 0 Å². The largest absolute Gasteiger partial charge is 0.374 e. The van der Waals surface area contributed by atoms with E-state index in [-0.39, 0.29) is 48.4 Å². The molecule has 0 saturated heterocycles. The zero-order chi connectivity index (χ0) is 32.3. The molecular weight excluding hydrogens is 593 g/mol. The predicted molar refractivity (Wildman–Crippen MR) is 167 cm³/mol. The van der Waals surface area contributed by atoms with Crippen LogP contribution in [0.1, 0.15) is 67.7 Å². The van der Waals surface area contributed by atoms with Crippen molar-refractivity contribution in [1.29, 1.82) is 0 Å². The molecule has 14 heteroatoms. The van der Waals surface area contributed by atoms with Crippen LogP contribution in [0.25, 0.3) is 0 Å². The molecule has 0 saturated carbocycles. The highest BCUT2D eigenvalue weighted by atomic mass is 32.1. The third-order valence-corrected chi connectivity index (χ3v) is 9.55. The van der Waals surface area contributed by atoms with Gasteiger partial charge >= 0.3 is 7.60 Å². The summed E-state index contributed by atoms with van der Waals surface area (Å²) in [6, 6.07) is 7.79. The second kappa shape index (κ2) is 17.0. The number of ether oxygens (including phenoxy) is 1. The van der Waals surface area contributed by atoms with Crippen LogP contribution >= 0.6 is 18.9 Å². The van der Waals surface area contributed by atoms with Gasteiger partial charge in [0.05, 0.1) is 6.54 Å². The number of nitrogens with zero attached hydrogens (tertiary/aromatic N) is 2. The number of nitrogens with one attached hydrogen (secondary N) is 3. The highest BCUT2D eigenvalue weighted by Gasteiger charge is 2.35. The van der Waals surface area contributed by atoms with Gasteiger partial charge in [-0.05, 0) is 24.4 Å².